The molecule has 0 radical (unpaired) electrons. The maximum Gasteiger partial charge on any atom is 0.251 e. The van der Waals surface area contributed by atoms with Crippen LogP contribution in [0.3, 0.4) is 0 Å². The van der Waals surface area contributed by atoms with Crippen LogP contribution in [-0.2, 0) is 9.53 Å². The highest BCUT2D eigenvalue weighted by atomic mass is 16.5. The van der Waals surface area contributed by atoms with E-state index >= 15 is 0 Å². The maximum absolute atomic E-state index is 11.1. The van der Waals surface area contributed by atoms with Crippen LogP contribution in [0.5, 0.6) is 0 Å². The molecule has 4 nitrogen and oxygen atoms in total. The summed E-state index contributed by atoms with van der Waals surface area (Å²) in [6.07, 6.45) is -0.902. The molecule has 1 N–H and O–H groups in total. The van der Waals surface area contributed by atoms with Crippen molar-refractivity contribution in [3.8, 4) is 0 Å². The number of likely N-dealkylation sites (N-methyl/N-ethyl adjacent to an activating group) is 1. The van der Waals surface area contributed by atoms with Gasteiger partial charge in [-0.2, -0.15) is 0 Å². The van der Waals surface area contributed by atoms with E-state index in [1.165, 1.54) is 11.8 Å². The predicted molar refractivity (Wildman–Crippen MR) is 39.1 cm³/mol. The highest BCUT2D eigenvalue weighted by Crippen LogP contribution is 2.09. The van der Waals surface area contributed by atoms with Crippen molar-refractivity contribution in [1.29, 1.82) is 0 Å². The van der Waals surface area contributed by atoms with E-state index in [-0.39, 0.29) is 11.9 Å². The smallest absolute Gasteiger partial charge is 0.251 e. The van der Waals surface area contributed by atoms with Gasteiger partial charge in [0.05, 0.1) is 19.3 Å². The van der Waals surface area contributed by atoms with Gasteiger partial charge in [-0.3, -0.25) is 4.79 Å². The number of amides is 1. The molecule has 1 aliphatic heterocycles. The molecule has 1 saturated heterocycles. The molecular formula is C7H13NO3. The molecule has 11 heavy (non-hydrogen) atoms. The number of carbonyl (C=O) groups excluding carboxylic acids is 1. The number of aliphatic hydroxyl groups excluding tert-OH is 1. The second-order valence-corrected chi connectivity index (χ2v) is 2.82. The Bertz CT molecular complexity index is 154. The Morgan fingerprint density at radius 2 is 2.27 bits per heavy atom. The average Bonchev–Trinajstić information content (AvgIpc) is 1.82. The fraction of sp³-hybridized carbons (Fsp3) is 0.857. The molecule has 0 unspecified atom stereocenters. The number of ether oxygens (including phenoxy) is 1. The van der Waals surface area contributed by atoms with Crippen LogP contribution < -0.4 is 0 Å². The molecule has 1 amide bonds. The summed E-state index contributed by atoms with van der Waals surface area (Å²) in [6.45, 7) is 2.66. The van der Waals surface area contributed by atoms with Crippen molar-refractivity contribution in [1.82, 2.24) is 4.90 Å². The third-order valence-corrected chi connectivity index (χ3v) is 1.87. The SMILES string of the molecule is C[C@@H](O)C(=O)N(C)C1COC1. The second kappa shape index (κ2) is 3.19. The Morgan fingerprint density at radius 1 is 1.73 bits per heavy atom. The highest BCUT2D eigenvalue weighted by Gasteiger charge is 2.28. The summed E-state index contributed by atoms with van der Waals surface area (Å²) in [5.41, 5.74) is 0. The van der Waals surface area contributed by atoms with Crippen molar-refractivity contribution in [3.63, 3.8) is 0 Å². The lowest BCUT2D eigenvalue weighted by atomic mass is 10.2. The fourth-order valence-corrected chi connectivity index (χ4v) is 0.922. The van der Waals surface area contributed by atoms with Gasteiger partial charge in [0.2, 0.25) is 0 Å². The van der Waals surface area contributed by atoms with Gasteiger partial charge in [-0.15, -0.1) is 0 Å². The molecule has 1 rings (SSSR count). The molecule has 4 heteroatoms. The van der Waals surface area contributed by atoms with Crippen LogP contribution in [-0.4, -0.2) is 48.3 Å². The summed E-state index contributed by atoms with van der Waals surface area (Å²) < 4.78 is 4.91. The highest BCUT2D eigenvalue weighted by molar-refractivity contribution is 5.80. The lowest BCUT2D eigenvalue weighted by Gasteiger charge is -2.35. The molecule has 1 atom stereocenters. The van der Waals surface area contributed by atoms with Crippen molar-refractivity contribution in [2.45, 2.75) is 19.1 Å². The van der Waals surface area contributed by atoms with Gasteiger partial charge in [0.1, 0.15) is 6.10 Å². The van der Waals surface area contributed by atoms with Gasteiger partial charge in [0, 0.05) is 7.05 Å². The Kier molecular flexibility index (Phi) is 2.46. The molecule has 0 spiro atoms. The summed E-state index contributed by atoms with van der Waals surface area (Å²) in [4.78, 5) is 12.6. The van der Waals surface area contributed by atoms with Gasteiger partial charge in [-0.1, -0.05) is 0 Å². The van der Waals surface area contributed by atoms with E-state index < -0.39 is 6.10 Å². The lowest BCUT2D eigenvalue weighted by Crippen LogP contribution is -2.52. The van der Waals surface area contributed by atoms with Crippen LogP contribution in [0.25, 0.3) is 0 Å². The van der Waals surface area contributed by atoms with Crippen molar-refractivity contribution in [2.75, 3.05) is 20.3 Å². The third kappa shape index (κ3) is 1.70. The largest absolute Gasteiger partial charge is 0.384 e. The minimum absolute atomic E-state index is 0.164. The number of rotatable bonds is 2. The quantitative estimate of drug-likeness (QED) is 0.575. The molecule has 1 fully saturated rings. The van der Waals surface area contributed by atoms with Gasteiger partial charge in [0.25, 0.3) is 5.91 Å². The zero-order chi connectivity index (χ0) is 8.43. The minimum atomic E-state index is -0.902. The second-order valence-electron chi connectivity index (χ2n) is 2.82. The summed E-state index contributed by atoms with van der Waals surface area (Å²) in [5, 5.41) is 8.93. The van der Waals surface area contributed by atoms with E-state index in [9.17, 15) is 4.79 Å². The number of nitrogens with zero attached hydrogens (tertiary/aromatic N) is 1. The molecule has 0 bridgehead atoms. The fourth-order valence-electron chi connectivity index (χ4n) is 0.922. The van der Waals surface area contributed by atoms with E-state index in [0.29, 0.717) is 13.2 Å². The third-order valence-electron chi connectivity index (χ3n) is 1.87. The van der Waals surface area contributed by atoms with Gasteiger partial charge in [-0.25, -0.2) is 0 Å². The molecule has 0 aliphatic carbocycles. The van der Waals surface area contributed by atoms with Crippen molar-refractivity contribution >= 4 is 5.91 Å². The normalized spacial score (nSPS) is 20.6. The topological polar surface area (TPSA) is 49.8 Å². The van der Waals surface area contributed by atoms with Crippen LogP contribution in [0.1, 0.15) is 6.92 Å². The Hall–Kier alpha value is -0.610. The van der Waals surface area contributed by atoms with Crippen molar-refractivity contribution in [3.05, 3.63) is 0 Å². The molecular weight excluding hydrogens is 146 g/mol. The monoisotopic (exact) mass is 159 g/mol. The molecule has 64 valence electrons. The Morgan fingerprint density at radius 3 is 2.55 bits per heavy atom. The van der Waals surface area contributed by atoms with Gasteiger partial charge >= 0.3 is 0 Å². The van der Waals surface area contributed by atoms with Crippen molar-refractivity contribution < 1.29 is 14.6 Å². The zero-order valence-electron chi connectivity index (χ0n) is 6.78. The van der Waals surface area contributed by atoms with E-state index in [1.54, 1.807) is 7.05 Å². The number of hydrogen-bond donors (Lipinski definition) is 1. The van der Waals surface area contributed by atoms with Crippen LogP contribution in [0.4, 0.5) is 0 Å². The average molecular weight is 159 g/mol. The first-order valence-corrected chi connectivity index (χ1v) is 3.65. The molecule has 0 saturated carbocycles. The van der Waals surface area contributed by atoms with E-state index in [2.05, 4.69) is 0 Å². The summed E-state index contributed by atoms with van der Waals surface area (Å²) in [6, 6.07) is 0.164. The van der Waals surface area contributed by atoms with Gasteiger partial charge < -0.3 is 14.7 Å². The lowest BCUT2D eigenvalue weighted by molar-refractivity contribution is -0.149. The number of carbonyl (C=O) groups is 1. The van der Waals surface area contributed by atoms with E-state index in [1.807, 2.05) is 0 Å². The van der Waals surface area contributed by atoms with Crippen LogP contribution >= 0.6 is 0 Å². The van der Waals surface area contributed by atoms with E-state index in [4.69, 9.17) is 9.84 Å². The molecule has 0 aromatic rings. The first-order chi connectivity index (χ1) is 5.13. The minimum Gasteiger partial charge on any atom is -0.384 e. The number of hydrogen-bond acceptors (Lipinski definition) is 3. The summed E-state index contributed by atoms with van der Waals surface area (Å²) >= 11 is 0. The molecule has 1 heterocycles. The predicted octanol–water partition coefficient (Wildman–Crippen LogP) is -0.776. The Balaban J connectivity index is 2.39. The molecule has 0 aromatic carbocycles. The Labute approximate surface area is 65.8 Å². The van der Waals surface area contributed by atoms with Crippen LogP contribution in [0.2, 0.25) is 0 Å². The number of aliphatic hydroxyl groups is 1. The van der Waals surface area contributed by atoms with Crippen molar-refractivity contribution in [2.24, 2.45) is 0 Å². The first-order valence-electron chi connectivity index (χ1n) is 3.65. The summed E-state index contributed by atoms with van der Waals surface area (Å²) in [5.74, 6) is -0.238. The maximum atomic E-state index is 11.1. The standard InChI is InChI=1S/C7H13NO3/c1-5(9)7(10)8(2)6-3-11-4-6/h5-6,9H,3-4H2,1-2H3/t5-/m1/s1. The van der Waals surface area contributed by atoms with Crippen LogP contribution in [0, 0.1) is 0 Å². The zero-order valence-corrected chi connectivity index (χ0v) is 6.78. The van der Waals surface area contributed by atoms with Gasteiger partial charge in [0.15, 0.2) is 0 Å². The van der Waals surface area contributed by atoms with Crippen LogP contribution in [0.15, 0.2) is 0 Å². The molecule has 0 aromatic heterocycles. The van der Waals surface area contributed by atoms with Gasteiger partial charge in [-0.05, 0) is 6.92 Å². The molecule has 1 aliphatic rings. The van der Waals surface area contributed by atoms with E-state index in [0.717, 1.165) is 0 Å². The first kappa shape index (κ1) is 8.49. The summed E-state index contributed by atoms with van der Waals surface area (Å²) in [7, 11) is 1.68.